The molecule has 0 aliphatic rings. The molecule has 2 unspecified atom stereocenters. The zero-order valence-electron chi connectivity index (χ0n) is 11.9. The van der Waals surface area contributed by atoms with Crippen LogP contribution in [0.2, 0.25) is 0 Å². The lowest BCUT2D eigenvalue weighted by Gasteiger charge is -2.18. The van der Waals surface area contributed by atoms with Crippen molar-refractivity contribution in [3.8, 4) is 0 Å². The molecule has 0 fully saturated rings. The van der Waals surface area contributed by atoms with Crippen LogP contribution in [-0.2, 0) is 4.79 Å². The summed E-state index contributed by atoms with van der Waals surface area (Å²) in [5.74, 6) is -0.859. The second-order valence-corrected chi connectivity index (χ2v) is 5.00. The maximum atomic E-state index is 12.0. The predicted octanol–water partition coefficient (Wildman–Crippen LogP) is 3.31. The van der Waals surface area contributed by atoms with E-state index in [1.54, 1.807) is 19.1 Å². The number of carboxylic acid groups (broad SMARTS) is 1. The number of hydrogen-bond acceptors (Lipinski definition) is 2. The van der Waals surface area contributed by atoms with E-state index in [0.717, 1.165) is 6.42 Å². The Bertz CT molecular complexity index is 482. The van der Waals surface area contributed by atoms with Crippen molar-refractivity contribution < 1.29 is 14.7 Å². The molecule has 0 saturated carbocycles. The van der Waals surface area contributed by atoms with E-state index in [-0.39, 0.29) is 17.4 Å². The van der Waals surface area contributed by atoms with Gasteiger partial charge in [0.1, 0.15) is 0 Å². The largest absolute Gasteiger partial charge is 0.478 e. The summed E-state index contributed by atoms with van der Waals surface area (Å²) in [5.41, 5.74) is 1.43. The van der Waals surface area contributed by atoms with E-state index in [1.807, 2.05) is 20.8 Å². The highest BCUT2D eigenvalue weighted by atomic mass is 16.4. The van der Waals surface area contributed by atoms with Crippen LogP contribution in [0.3, 0.4) is 0 Å². The highest BCUT2D eigenvalue weighted by molar-refractivity contribution is 5.95. The Morgan fingerprint density at radius 2 is 1.95 bits per heavy atom. The number of aryl methyl sites for hydroxylation is 1. The van der Waals surface area contributed by atoms with Crippen LogP contribution >= 0.6 is 0 Å². The Balaban J connectivity index is 2.86. The maximum Gasteiger partial charge on any atom is 0.336 e. The topological polar surface area (TPSA) is 66.4 Å². The number of benzene rings is 1. The molecule has 0 spiro atoms. The Labute approximate surface area is 113 Å². The highest BCUT2D eigenvalue weighted by Gasteiger charge is 2.19. The zero-order chi connectivity index (χ0) is 14.6. The SMILES string of the molecule is CCC(C)C(C)C(=O)Nc1ccc(C)c(C(=O)O)c1. The van der Waals surface area contributed by atoms with Crippen molar-refractivity contribution in [3.05, 3.63) is 29.3 Å². The number of carboxylic acids is 1. The number of aromatic carboxylic acids is 1. The zero-order valence-corrected chi connectivity index (χ0v) is 11.9. The Kier molecular flexibility index (Phi) is 5.10. The minimum absolute atomic E-state index is 0.0745. The summed E-state index contributed by atoms with van der Waals surface area (Å²) in [7, 11) is 0. The summed E-state index contributed by atoms with van der Waals surface area (Å²) in [4.78, 5) is 23.1. The summed E-state index contributed by atoms with van der Waals surface area (Å²) >= 11 is 0. The lowest BCUT2D eigenvalue weighted by molar-refractivity contribution is -0.120. The van der Waals surface area contributed by atoms with E-state index in [2.05, 4.69) is 5.32 Å². The Hall–Kier alpha value is -1.84. The van der Waals surface area contributed by atoms with E-state index in [4.69, 9.17) is 5.11 Å². The number of amides is 1. The molecule has 104 valence electrons. The molecule has 0 saturated heterocycles. The van der Waals surface area contributed by atoms with Crippen LogP contribution < -0.4 is 5.32 Å². The maximum absolute atomic E-state index is 12.0. The molecule has 0 bridgehead atoms. The summed E-state index contributed by atoms with van der Waals surface area (Å²) in [5, 5.41) is 11.8. The van der Waals surface area contributed by atoms with Crippen molar-refractivity contribution >= 4 is 17.6 Å². The van der Waals surface area contributed by atoms with Gasteiger partial charge < -0.3 is 10.4 Å². The summed E-state index contributed by atoms with van der Waals surface area (Å²) in [6.45, 7) is 7.69. The smallest absolute Gasteiger partial charge is 0.336 e. The molecule has 1 amide bonds. The van der Waals surface area contributed by atoms with Crippen LogP contribution in [0.4, 0.5) is 5.69 Å². The summed E-state index contributed by atoms with van der Waals surface area (Å²) in [6.07, 6.45) is 0.933. The first-order chi connectivity index (χ1) is 8.86. The molecular formula is C15H21NO3. The van der Waals surface area contributed by atoms with Crippen molar-refractivity contribution in [1.82, 2.24) is 0 Å². The van der Waals surface area contributed by atoms with Gasteiger partial charge >= 0.3 is 5.97 Å². The summed E-state index contributed by atoms with van der Waals surface area (Å²) < 4.78 is 0. The molecule has 1 aromatic carbocycles. The minimum atomic E-state index is -0.983. The molecule has 4 nitrogen and oxygen atoms in total. The Morgan fingerprint density at radius 1 is 1.32 bits per heavy atom. The van der Waals surface area contributed by atoms with Gasteiger partial charge in [-0.2, -0.15) is 0 Å². The number of nitrogens with one attached hydrogen (secondary N) is 1. The van der Waals surface area contributed by atoms with Gasteiger partial charge in [0.15, 0.2) is 0 Å². The molecule has 0 aromatic heterocycles. The third kappa shape index (κ3) is 3.81. The number of anilines is 1. The number of carbonyl (C=O) groups excluding carboxylic acids is 1. The van der Waals surface area contributed by atoms with Crippen LogP contribution in [0, 0.1) is 18.8 Å². The van der Waals surface area contributed by atoms with Gasteiger partial charge in [-0.25, -0.2) is 4.79 Å². The molecule has 19 heavy (non-hydrogen) atoms. The van der Waals surface area contributed by atoms with Gasteiger partial charge in [0.05, 0.1) is 5.56 Å². The van der Waals surface area contributed by atoms with Crippen LogP contribution in [0.1, 0.15) is 43.1 Å². The molecular weight excluding hydrogens is 242 g/mol. The first-order valence-corrected chi connectivity index (χ1v) is 6.51. The van der Waals surface area contributed by atoms with E-state index < -0.39 is 5.97 Å². The lowest BCUT2D eigenvalue weighted by atomic mass is 9.93. The fraction of sp³-hybridized carbons (Fsp3) is 0.467. The average molecular weight is 263 g/mol. The van der Waals surface area contributed by atoms with E-state index in [1.165, 1.54) is 6.07 Å². The molecule has 2 atom stereocenters. The summed E-state index contributed by atoms with van der Waals surface area (Å²) in [6, 6.07) is 4.93. The van der Waals surface area contributed by atoms with E-state index in [9.17, 15) is 9.59 Å². The van der Waals surface area contributed by atoms with E-state index in [0.29, 0.717) is 17.2 Å². The molecule has 1 rings (SSSR count). The van der Waals surface area contributed by atoms with Crippen molar-refractivity contribution in [2.24, 2.45) is 11.8 Å². The van der Waals surface area contributed by atoms with Crippen LogP contribution in [0.5, 0.6) is 0 Å². The van der Waals surface area contributed by atoms with E-state index >= 15 is 0 Å². The Morgan fingerprint density at radius 3 is 2.47 bits per heavy atom. The van der Waals surface area contributed by atoms with Gasteiger partial charge in [-0.3, -0.25) is 4.79 Å². The van der Waals surface area contributed by atoms with Gasteiger partial charge in [0, 0.05) is 11.6 Å². The predicted molar refractivity (Wildman–Crippen MR) is 75.4 cm³/mol. The fourth-order valence-corrected chi connectivity index (χ4v) is 1.80. The molecule has 0 heterocycles. The molecule has 0 aliphatic heterocycles. The first kappa shape index (κ1) is 15.2. The molecule has 0 radical (unpaired) electrons. The quantitative estimate of drug-likeness (QED) is 0.856. The fourth-order valence-electron chi connectivity index (χ4n) is 1.80. The van der Waals surface area contributed by atoms with Gasteiger partial charge in [-0.05, 0) is 30.5 Å². The highest BCUT2D eigenvalue weighted by Crippen LogP contribution is 2.19. The van der Waals surface area contributed by atoms with Crippen molar-refractivity contribution in [1.29, 1.82) is 0 Å². The molecule has 4 heteroatoms. The van der Waals surface area contributed by atoms with Crippen molar-refractivity contribution in [3.63, 3.8) is 0 Å². The first-order valence-electron chi connectivity index (χ1n) is 6.51. The number of rotatable bonds is 5. The second kappa shape index (κ2) is 6.36. The van der Waals surface area contributed by atoms with Crippen LogP contribution in [-0.4, -0.2) is 17.0 Å². The van der Waals surface area contributed by atoms with Gasteiger partial charge in [-0.15, -0.1) is 0 Å². The molecule has 2 N–H and O–H groups in total. The van der Waals surface area contributed by atoms with Crippen molar-refractivity contribution in [2.45, 2.75) is 34.1 Å². The van der Waals surface area contributed by atoms with Crippen LogP contribution in [0.25, 0.3) is 0 Å². The average Bonchev–Trinajstić information content (AvgIpc) is 2.38. The molecule has 1 aromatic rings. The molecule has 0 aliphatic carbocycles. The lowest BCUT2D eigenvalue weighted by Crippen LogP contribution is -2.25. The third-order valence-corrected chi connectivity index (χ3v) is 3.65. The van der Waals surface area contributed by atoms with Gasteiger partial charge in [-0.1, -0.05) is 33.3 Å². The second-order valence-electron chi connectivity index (χ2n) is 5.00. The number of hydrogen-bond donors (Lipinski definition) is 2. The number of carbonyl (C=O) groups is 2. The third-order valence-electron chi connectivity index (χ3n) is 3.65. The van der Waals surface area contributed by atoms with Crippen LogP contribution in [0.15, 0.2) is 18.2 Å². The minimum Gasteiger partial charge on any atom is -0.478 e. The normalized spacial score (nSPS) is 13.7. The van der Waals surface area contributed by atoms with Gasteiger partial charge in [0.2, 0.25) is 5.91 Å². The monoisotopic (exact) mass is 263 g/mol. The standard InChI is InChI=1S/C15H21NO3/c1-5-9(2)11(4)14(17)16-12-7-6-10(3)13(8-12)15(18)19/h6-9,11H,5H2,1-4H3,(H,16,17)(H,18,19). The van der Waals surface area contributed by atoms with Gasteiger partial charge in [0.25, 0.3) is 0 Å². The van der Waals surface area contributed by atoms with Crippen molar-refractivity contribution in [2.75, 3.05) is 5.32 Å².